The fourth-order valence-corrected chi connectivity index (χ4v) is 3.40. The number of hydrogen-bond donors (Lipinski definition) is 0. The lowest BCUT2D eigenvalue weighted by atomic mass is 10.1. The minimum atomic E-state index is 0.418. The number of rotatable bonds is 4. The molecule has 1 heterocycles. The summed E-state index contributed by atoms with van der Waals surface area (Å²) < 4.78 is 5.24. The van der Waals surface area contributed by atoms with Crippen molar-refractivity contribution in [1.82, 2.24) is 4.98 Å². The Hall–Kier alpha value is -2.32. The molecule has 0 spiro atoms. The third kappa shape index (κ3) is 3.85. The van der Waals surface area contributed by atoms with Gasteiger partial charge in [-0.05, 0) is 29.8 Å². The molecule has 0 unspecified atom stereocenters. The highest BCUT2D eigenvalue weighted by Crippen LogP contribution is 2.31. The van der Waals surface area contributed by atoms with E-state index in [9.17, 15) is 5.26 Å². The quantitative estimate of drug-likeness (QED) is 0.502. The van der Waals surface area contributed by atoms with Crippen LogP contribution < -0.4 is 4.74 Å². The van der Waals surface area contributed by atoms with E-state index < -0.39 is 0 Å². The number of hydrogen-bond acceptors (Lipinski definition) is 4. The number of thiazole rings is 1. The summed E-state index contributed by atoms with van der Waals surface area (Å²) in [6.45, 7) is 0. The lowest BCUT2D eigenvalue weighted by molar-refractivity contribution is 0.415. The average molecular weight is 387 g/mol. The molecule has 0 aliphatic carbocycles. The Morgan fingerprint density at radius 3 is 2.80 bits per heavy atom. The van der Waals surface area contributed by atoms with E-state index in [2.05, 4.69) is 11.1 Å². The predicted octanol–water partition coefficient (Wildman–Crippen LogP) is 6.19. The van der Waals surface area contributed by atoms with Crippen molar-refractivity contribution in [3.8, 4) is 23.1 Å². The maximum atomic E-state index is 9.52. The van der Waals surface area contributed by atoms with Gasteiger partial charge in [-0.25, -0.2) is 4.98 Å². The molecule has 3 aromatic rings. The van der Waals surface area contributed by atoms with Crippen LogP contribution in [-0.2, 0) is 0 Å². The number of halogens is 2. The van der Waals surface area contributed by atoms with Crippen molar-refractivity contribution >= 4 is 46.2 Å². The largest absolute Gasteiger partial charge is 0.497 e. The monoisotopic (exact) mass is 386 g/mol. The Kier molecular flexibility index (Phi) is 5.40. The van der Waals surface area contributed by atoms with E-state index in [4.69, 9.17) is 27.9 Å². The Morgan fingerprint density at radius 1 is 1.24 bits per heavy atom. The minimum absolute atomic E-state index is 0.418. The smallest absolute Gasteiger partial charge is 0.134 e. The summed E-state index contributed by atoms with van der Waals surface area (Å²) in [7, 11) is 1.62. The molecular weight excluding hydrogens is 375 g/mol. The lowest BCUT2D eigenvalue weighted by Crippen LogP contribution is -1.85. The maximum absolute atomic E-state index is 9.52. The number of aromatic nitrogens is 1. The first-order chi connectivity index (χ1) is 12.1. The van der Waals surface area contributed by atoms with Crippen molar-refractivity contribution in [2.45, 2.75) is 0 Å². The summed E-state index contributed by atoms with van der Waals surface area (Å²) >= 11 is 13.6. The van der Waals surface area contributed by atoms with Crippen LogP contribution in [0.3, 0.4) is 0 Å². The molecule has 0 aliphatic heterocycles. The second-order valence-corrected chi connectivity index (χ2v) is 6.73. The molecule has 3 rings (SSSR count). The molecule has 0 N–H and O–H groups in total. The fraction of sp³-hybridized carbons (Fsp3) is 0.0526. The molecule has 3 nitrogen and oxygen atoms in total. The van der Waals surface area contributed by atoms with E-state index >= 15 is 0 Å². The number of allylic oxidation sites excluding steroid dienone is 1. The second kappa shape index (κ2) is 7.71. The summed E-state index contributed by atoms with van der Waals surface area (Å²) in [5.41, 5.74) is 2.84. The van der Waals surface area contributed by atoms with Crippen LogP contribution in [0.4, 0.5) is 0 Å². The zero-order valence-electron chi connectivity index (χ0n) is 13.2. The summed E-state index contributed by atoms with van der Waals surface area (Å²) in [5.74, 6) is 0.758. The van der Waals surface area contributed by atoms with Gasteiger partial charge in [0.15, 0.2) is 0 Å². The van der Waals surface area contributed by atoms with Crippen LogP contribution in [0.25, 0.3) is 22.9 Å². The van der Waals surface area contributed by atoms with E-state index in [1.807, 2.05) is 35.7 Å². The van der Waals surface area contributed by atoms with Gasteiger partial charge in [0.2, 0.25) is 0 Å². The normalized spacial score (nSPS) is 11.2. The van der Waals surface area contributed by atoms with Crippen molar-refractivity contribution in [3.05, 3.63) is 68.5 Å². The van der Waals surface area contributed by atoms with Gasteiger partial charge in [-0.1, -0.05) is 47.5 Å². The highest BCUT2D eigenvalue weighted by Gasteiger charge is 2.11. The molecule has 2 aromatic carbocycles. The summed E-state index contributed by atoms with van der Waals surface area (Å²) in [6.07, 6.45) is 1.70. The van der Waals surface area contributed by atoms with Crippen LogP contribution >= 0.6 is 34.5 Å². The molecule has 0 amide bonds. The maximum Gasteiger partial charge on any atom is 0.134 e. The average Bonchev–Trinajstić information content (AvgIpc) is 3.13. The molecule has 0 bridgehead atoms. The Labute approximate surface area is 159 Å². The van der Waals surface area contributed by atoms with E-state index in [0.29, 0.717) is 26.2 Å². The van der Waals surface area contributed by atoms with Crippen LogP contribution in [0, 0.1) is 11.3 Å². The summed E-state index contributed by atoms with van der Waals surface area (Å²) in [5, 5.41) is 12.9. The molecular formula is C19H12Cl2N2OS. The molecule has 6 heteroatoms. The van der Waals surface area contributed by atoms with Gasteiger partial charge >= 0.3 is 0 Å². The first-order valence-corrected chi connectivity index (χ1v) is 8.92. The number of nitriles is 1. The van der Waals surface area contributed by atoms with Gasteiger partial charge in [-0.3, -0.25) is 0 Å². The van der Waals surface area contributed by atoms with Gasteiger partial charge in [0, 0.05) is 10.9 Å². The number of nitrogens with zero attached hydrogens (tertiary/aromatic N) is 2. The molecule has 25 heavy (non-hydrogen) atoms. The molecule has 1 aromatic heterocycles. The zero-order valence-corrected chi connectivity index (χ0v) is 15.5. The van der Waals surface area contributed by atoms with E-state index in [1.54, 1.807) is 25.3 Å². The van der Waals surface area contributed by atoms with E-state index in [1.165, 1.54) is 11.3 Å². The van der Waals surface area contributed by atoms with Crippen LogP contribution in [-0.4, -0.2) is 12.1 Å². The van der Waals surface area contributed by atoms with Crippen molar-refractivity contribution < 1.29 is 4.74 Å². The number of methoxy groups -OCH3 is 1. The third-order valence-corrected chi connectivity index (χ3v) is 5.21. The summed E-state index contributed by atoms with van der Waals surface area (Å²) in [4.78, 5) is 4.57. The fourth-order valence-electron chi connectivity index (χ4n) is 2.24. The molecule has 0 atom stereocenters. The Morgan fingerprint density at radius 2 is 2.04 bits per heavy atom. The standard InChI is InChI=1S/C19H12Cl2N2OS/c1-24-15-6-2-4-12(9-15)17-11-25-19(23-17)14(10-22)8-13-5-3-7-16(20)18(13)21/h2-9,11H,1H3. The van der Waals surface area contributed by atoms with Crippen molar-refractivity contribution in [2.75, 3.05) is 7.11 Å². The Balaban J connectivity index is 1.98. The van der Waals surface area contributed by atoms with Gasteiger partial charge < -0.3 is 4.74 Å². The van der Waals surface area contributed by atoms with Gasteiger partial charge in [0.1, 0.15) is 16.8 Å². The van der Waals surface area contributed by atoms with Crippen LogP contribution in [0.2, 0.25) is 10.0 Å². The van der Waals surface area contributed by atoms with Gasteiger partial charge in [-0.2, -0.15) is 5.26 Å². The van der Waals surface area contributed by atoms with E-state index in [0.717, 1.165) is 17.0 Å². The van der Waals surface area contributed by atoms with Crippen LogP contribution in [0.5, 0.6) is 5.75 Å². The van der Waals surface area contributed by atoms with Crippen molar-refractivity contribution in [3.63, 3.8) is 0 Å². The van der Waals surface area contributed by atoms with Crippen molar-refractivity contribution in [2.24, 2.45) is 0 Å². The van der Waals surface area contributed by atoms with Crippen LogP contribution in [0.1, 0.15) is 10.6 Å². The molecule has 0 fully saturated rings. The van der Waals surface area contributed by atoms with Gasteiger partial charge in [0.05, 0.1) is 28.4 Å². The highest BCUT2D eigenvalue weighted by atomic mass is 35.5. The van der Waals surface area contributed by atoms with Gasteiger partial charge in [-0.15, -0.1) is 11.3 Å². The van der Waals surface area contributed by atoms with Crippen LogP contribution in [0.15, 0.2) is 47.8 Å². The molecule has 0 aliphatic rings. The molecule has 0 saturated carbocycles. The molecule has 0 saturated heterocycles. The Bertz CT molecular complexity index is 989. The molecule has 124 valence electrons. The highest BCUT2D eigenvalue weighted by molar-refractivity contribution is 7.11. The first-order valence-electron chi connectivity index (χ1n) is 7.28. The molecule has 0 radical (unpaired) electrons. The number of benzene rings is 2. The van der Waals surface area contributed by atoms with E-state index in [-0.39, 0.29) is 0 Å². The van der Waals surface area contributed by atoms with Crippen molar-refractivity contribution in [1.29, 1.82) is 5.26 Å². The topological polar surface area (TPSA) is 45.9 Å². The summed E-state index contributed by atoms with van der Waals surface area (Å²) in [6, 6.07) is 15.1. The first kappa shape index (κ1) is 17.5. The van der Waals surface area contributed by atoms with Gasteiger partial charge in [0.25, 0.3) is 0 Å². The number of ether oxygens (including phenoxy) is 1. The predicted molar refractivity (Wildman–Crippen MR) is 104 cm³/mol. The lowest BCUT2D eigenvalue weighted by Gasteiger charge is -2.02. The SMILES string of the molecule is COc1cccc(-c2csc(C(C#N)=Cc3cccc(Cl)c3Cl)n2)c1. The minimum Gasteiger partial charge on any atom is -0.497 e. The third-order valence-electron chi connectivity index (χ3n) is 3.50. The zero-order chi connectivity index (χ0) is 17.8. The second-order valence-electron chi connectivity index (χ2n) is 5.08.